The molecule has 0 aromatic carbocycles. The molecule has 0 radical (unpaired) electrons. The number of alkyl halides is 1. The van der Waals surface area contributed by atoms with Crippen molar-refractivity contribution in [1.29, 1.82) is 0 Å². The first-order valence-electron chi connectivity index (χ1n) is 4.97. The SMILES string of the molecule is CCOCCP(=O)(CCl)CCOCC. The molecule has 0 saturated heterocycles. The molecule has 0 saturated carbocycles. The van der Waals surface area contributed by atoms with Crippen molar-refractivity contribution in [2.24, 2.45) is 0 Å². The molecule has 0 N–H and O–H groups in total. The predicted molar refractivity (Wildman–Crippen MR) is 61.0 cm³/mol. The summed E-state index contributed by atoms with van der Waals surface area (Å²) in [5.74, 6) is 0. The molecule has 0 atom stereocenters. The van der Waals surface area contributed by atoms with E-state index in [1.54, 1.807) is 0 Å². The van der Waals surface area contributed by atoms with E-state index in [-0.39, 0.29) is 5.62 Å². The van der Waals surface area contributed by atoms with Gasteiger partial charge in [-0.05, 0) is 13.8 Å². The lowest BCUT2D eigenvalue weighted by Crippen LogP contribution is -2.08. The Bertz CT molecular complexity index is 161. The fraction of sp³-hybridized carbons (Fsp3) is 1.00. The molecule has 0 unspecified atom stereocenters. The second-order valence-electron chi connectivity index (χ2n) is 3.02. The maximum absolute atomic E-state index is 12.0. The second-order valence-corrected chi connectivity index (χ2v) is 6.99. The van der Waals surface area contributed by atoms with Crippen molar-refractivity contribution in [1.82, 2.24) is 0 Å². The lowest BCUT2D eigenvalue weighted by molar-refractivity contribution is 0.159. The minimum atomic E-state index is -2.24. The van der Waals surface area contributed by atoms with Crippen molar-refractivity contribution in [3.63, 3.8) is 0 Å². The van der Waals surface area contributed by atoms with E-state index in [2.05, 4.69) is 0 Å². The predicted octanol–water partition coefficient (Wildman–Crippen LogP) is 2.62. The Balaban J connectivity index is 3.74. The topological polar surface area (TPSA) is 35.5 Å². The van der Waals surface area contributed by atoms with E-state index in [0.717, 1.165) is 0 Å². The van der Waals surface area contributed by atoms with Gasteiger partial charge in [-0.25, -0.2) is 0 Å². The Labute approximate surface area is 91.5 Å². The lowest BCUT2D eigenvalue weighted by Gasteiger charge is -2.14. The molecule has 0 aliphatic carbocycles. The molecule has 0 heterocycles. The van der Waals surface area contributed by atoms with Gasteiger partial charge in [-0.1, -0.05) is 0 Å². The van der Waals surface area contributed by atoms with Gasteiger partial charge in [0.25, 0.3) is 0 Å². The molecule has 14 heavy (non-hydrogen) atoms. The summed E-state index contributed by atoms with van der Waals surface area (Å²) in [5, 5.41) is 0. The third-order valence-electron chi connectivity index (χ3n) is 1.91. The Hall–Kier alpha value is 0.440. The Kier molecular flexibility index (Phi) is 9.00. The minimum Gasteiger partial charge on any atom is -0.381 e. The summed E-state index contributed by atoms with van der Waals surface area (Å²) >= 11 is 5.69. The molecule has 0 bridgehead atoms. The molecule has 0 rings (SSSR count). The zero-order valence-corrected chi connectivity index (χ0v) is 10.7. The molecular weight excluding hydrogens is 223 g/mol. The highest BCUT2D eigenvalue weighted by molar-refractivity contribution is 7.65. The van der Waals surface area contributed by atoms with Crippen LogP contribution in [0.3, 0.4) is 0 Å². The summed E-state index contributed by atoms with van der Waals surface area (Å²) in [6, 6.07) is 0. The monoisotopic (exact) mass is 242 g/mol. The van der Waals surface area contributed by atoms with E-state index < -0.39 is 7.14 Å². The van der Waals surface area contributed by atoms with Crippen LogP contribution in [0.25, 0.3) is 0 Å². The van der Waals surface area contributed by atoms with Crippen molar-refractivity contribution in [2.45, 2.75) is 13.8 Å². The van der Waals surface area contributed by atoms with Gasteiger partial charge in [0.15, 0.2) is 0 Å². The Morgan fingerprint density at radius 2 is 1.50 bits per heavy atom. The quantitative estimate of drug-likeness (QED) is 0.354. The first-order chi connectivity index (χ1) is 6.68. The molecule has 0 aromatic rings. The van der Waals surface area contributed by atoms with Crippen LogP contribution in [-0.4, -0.2) is 44.4 Å². The van der Waals surface area contributed by atoms with Crippen molar-refractivity contribution < 1.29 is 14.0 Å². The Morgan fingerprint density at radius 1 is 1.07 bits per heavy atom. The standard InChI is InChI=1S/C9H20ClO3P/c1-3-12-5-7-14(11,9-10)8-6-13-4-2/h3-9H2,1-2H3. The molecular formula is C9H20ClO3P. The van der Waals surface area contributed by atoms with E-state index in [0.29, 0.717) is 38.8 Å². The van der Waals surface area contributed by atoms with Crippen LogP contribution >= 0.6 is 18.7 Å². The average Bonchev–Trinajstić information content (AvgIpc) is 2.19. The fourth-order valence-corrected chi connectivity index (χ4v) is 3.09. The number of ether oxygens (including phenoxy) is 2. The van der Waals surface area contributed by atoms with Gasteiger partial charge in [-0.15, -0.1) is 11.6 Å². The number of rotatable bonds is 9. The second kappa shape index (κ2) is 8.72. The van der Waals surface area contributed by atoms with Crippen molar-refractivity contribution in [2.75, 3.05) is 44.4 Å². The first-order valence-corrected chi connectivity index (χ1v) is 7.76. The highest BCUT2D eigenvalue weighted by atomic mass is 35.5. The van der Waals surface area contributed by atoms with Crippen molar-refractivity contribution >= 4 is 18.7 Å². The van der Waals surface area contributed by atoms with Crippen LogP contribution in [0.1, 0.15) is 13.8 Å². The van der Waals surface area contributed by atoms with Gasteiger partial charge in [0.05, 0.1) is 18.8 Å². The van der Waals surface area contributed by atoms with E-state index >= 15 is 0 Å². The fourth-order valence-electron chi connectivity index (χ4n) is 0.982. The summed E-state index contributed by atoms with van der Waals surface area (Å²) in [5.41, 5.74) is 0.229. The summed E-state index contributed by atoms with van der Waals surface area (Å²) < 4.78 is 22.4. The van der Waals surface area contributed by atoms with E-state index in [1.165, 1.54) is 0 Å². The normalized spacial score (nSPS) is 11.9. The lowest BCUT2D eigenvalue weighted by atomic mass is 10.8. The van der Waals surface area contributed by atoms with Crippen molar-refractivity contribution in [3.05, 3.63) is 0 Å². The zero-order valence-electron chi connectivity index (χ0n) is 9.00. The van der Waals surface area contributed by atoms with Crippen LogP contribution in [0.5, 0.6) is 0 Å². The van der Waals surface area contributed by atoms with E-state index in [9.17, 15) is 4.57 Å². The molecule has 0 aliphatic rings. The molecule has 0 spiro atoms. The summed E-state index contributed by atoms with van der Waals surface area (Å²) in [6.07, 6.45) is 1.13. The smallest absolute Gasteiger partial charge is 0.106 e. The number of hydrogen-bond acceptors (Lipinski definition) is 3. The molecule has 5 heteroatoms. The Morgan fingerprint density at radius 3 is 1.79 bits per heavy atom. The summed E-state index contributed by atoms with van der Waals surface area (Å²) in [4.78, 5) is 0. The first kappa shape index (κ1) is 14.4. The van der Waals surface area contributed by atoms with Gasteiger partial charge in [0.1, 0.15) is 7.14 Å². The van der Waals surface area contributed by atoms with Gasteiger partial charge < -0.3 is 14.0 Å². The molecule has 0 aromatic heterocycles. The van der Waals surface area contributed by atoms with Crippen LogP contribution in [0, 0.1) is 0 Å². The van der Waals surface area contributed by atoms with Gasteiger partial charge in [-0.2, -0.15) is 0 Å². The molecule has 3 nitrogen and oxygen atoms in total. The van der Waals surface area contributed by atoms with Gasteiger partial charge in [0.2, 0.25) is 0 Å². The molecule has 0 amide bonds. The van der Waals surface area contributed by atoms with Gasteiger partial charge >= 0.3 is 0 Å². The molecule has 0 fully saturated rings. The van der Waals surface area contributed by atoms with Crippen LogP contribution in [0.15, 0.2) is 0 Å². The minimum absolute atomic E-state index is 0.229. The maximum atomic E-state index is 12.0. The average molecular weight is 243 g/mol. The highest BCUT2D eigenvalue weighted by Crippen LogP contribution is 2.45. The van der Waals surface area contributed by atoms with Crippen LogP contribution in [0.2, 0.25) is 0 Å². The van der Waals surface area contributed by atoms with Crippen LogP contribution in [-0.2, 0) is 14.0 Å². The van der Waals surface area contributed by atoms with E-state index in [4.69, 9.17) is 21.1 Å². The largest absolute Gasteiger partial charge is 0.381 e. The van der Waals surface area contributed by atoms with Gasteiger partial charge in [-0.3, -0.25) is 0 Å². The van der Waals surface area contributed by atoms with Crippen LogP contribution in [0.4, 0.5) is 0 Å². The number of halogens is 1. The maximum Gasteiger partial charge on any atom is 0.106 e. The van der Waals surface area contributed by atoms with Crippen molar-refractivity contribution in [3.8, 4) is 0 Å². The molecule has 86 valence electrons. The third-order valence-corrected chi connectivity index (χ3v) is 5.65. The van der Waals surface area contributed by atoms with Gasteiger partial charge in [0, 0.05) is 25.5 Å². The highest BCUT2D eigenvalue weighted by Gasteiger charge is 2.20. The summed E-state index contributed by atoms with van der Waals surface area (Å²) in [7, 11) is -2.24. The van der Waals surface area contributed by atoms with E-state index in [1.807, 2.05) is 13.8 Å². The zero-order chi connectivity index (χ0) is 10.9. The van der Waals surface area contributed by atoms with Crippen LogP contribution < -0.4 is 0 Å². The molecule has 0 aliphatic heterocycles. The number of hydrogen-bond donors (Lipinski definition) is 0. The third kappa shape index (κ3) is 6.83. The summed E-state index contributed by atoms with van der Waals surface area (Å²) in [6.45, 7) is 6.23.